The Morgan fingerprint density at radius 2 is 1.94 bits per heavy atom. The number of carbonyl (C=O) groups is 1. The van der Waals surface area contributed by atoms with Crippen LogP contribution in [0, 0.1) is 5.92 Å². The van der Waals surface area contributed by atoms with Gasteiger partial charge in [0.15, 0.2) is 0 Å². The van der Waals surface area contributed by atoms with Crippen molar-refractivity contribution < 1.29 is 9.53 Å². The highest BCUT2D eigenvalue weighted by Crippen LogP contribution is 2.08. The first-order valence-electron chi connectivity index (χ1n) is 5.97. The fourth-order valence-electron chi connectivity index (χ4n) is 1.62. The van der Waals surface area contributed by atoms with Gasteiger partial charge in [0, 0.05) is 26.1 Å². The van der Waals surface area contributed by atoms with Crippen molar-refractivity contribution in [2.45, 2.75) is 46.2 Å². The van der Waals surface area contributed by atoms with Crippen LogP contribution in [0.1, 0.15) is 34.1 Å². The molecule has 0 radical (unpaired) electrons. The maximum atomic E-state index is 12.0. The van der Waals surface area contributed by atoms with E-state index in [4.69, 9.17) is 10.5 Å². The lowest BCUT2D eigenvalue weighted by molar-refractivity contribution is -0.134. The van der Waals surface area contributed by atoms with Gasteiger partial charge in [-0.25, -0.2) is 0 Å². The number of carbonyl (C=O) groups excluding carboxylic acids is 1. The number of nitrogens with two attached hydrogens (primary N) is 1. The number of hydrogen-bond donors (Lipinski definition) is 1. The lowest BCUT2D eigenvalue weighted by Gasteiger charge is -2.29. The number of likely N-dealkylation sites (N-methyl/N-ethyl adjacent to an activating group) is 1. The molecule has 96 valence electrons. The number of amides is 1. The van der Waals surface area contributed by atoms with Crippen LogP contribution in [0.3, 0.4) is 0 Å². The lowest BCUT2D eigenvalue weighted by Crippen LogP contribution is -2.44. The molecular formula is C12H26N2O2. The van der Waals surface area contributed by atoms with Crippen molar-refractivity contribution in [3.05, 3.63) is 0 Å². The van der Waals surface area contributed by atoms with Crippen LogP contribution >= 0.6 is 0 Å². The largest absolute Gasteiger partial charge is 0.383 e. The average molecular weight is 230 g/mol. The number of hydrogen-bond acceptors (Lipinski definition) is 3. The van der Waals surface area contributed by atoms with E-state index in [-0.39, 0.29) is 18.0 Å². The van der Waals surface area contributed by atoms with E-state index in [2.05, 4.69) is 0 Å². The monoisotopic (exact) mass is 230 g/mol. The minimum Gasteiger partial charge on any atom is -0.383 e. The molecule has 0 spiro atoms. The summed E-state index contributed by atoms with van der Waals surface area (Å²) >= 11 is 0. The second-order valence-corrected chi connectivity index (χ2v) is 4.60. The molecule has 0 saturated carbocycles. The van der Waals surface area contributed by atoms with Crippen molar-refractivity contribution in [1.82, 2.24) is 4.90 Å². The first-order valence-corrected chi connectivity index (χ1v) is 5.97. The van der Waals surface area contributed by atoms with Crippen LogP contribution in [0.25, 0.3) is 0 Å². The van der Waals surface area contributed by atoms with Gasteiger partial charge >= 0.3 is 0 Å². The number of nitrogens with zero attached hydrogens (tertiary/aromatic N) is 1. The van der Waals surface area contributed by atoms with Gasteiger partial charge in [-0.05, 0) is 19.8 Å². The van der Waals surface area contributed by atoms with Crippen molar-refractivity contribution in [3.63, 3.8) is 0 Å². The third kappa shape index (κ3) is 4.94. The lowest BCUT2D eigenvalue weighted by atomic mass is 10.0. The van der Waals surface area contributed by atoms with E-state index in [1.807, 2.05) is 32.6 Å². The van der Waals surface area contributed by atoms with Crippen LogP contribution in [-0.4, -0.2) is 43.2 Å². The molecule has 0 aliphatic carbocycles. The quantitative estimate of drug-likeness (QED) is 0.716. The zero-order chi connectivity index (χ0) is 12.7. The molecular weight excluding hydrogens is 204 g/mol. The van der Waals surface area contributed by atoms with Gasteiger partial charge in [-0.1, -0.05) is 13.8 Å². The second-order valence-electron chi connectivity index (χ2n) is 4.60. The number of rotatable bonds is 7. The molecule has 0 fully saturated rings. The first-order chi connectivity index (χ1) is 7.43. The Hall–Kier alpha value is -0.610. The molecule has 0 aromatic carbocycles. The van der Waals surface area contributed by atoms with Gasteiger partial charge < -0.3 is 15.4 Å². The molecule has 0 aliphatic heterocycles. The minimum atomic E-state index is -0.0590. The highest BCUT2D eigenvalue weighted by atomic mass is 16.5. The molecule has 1 amide bonds. The summed E-state index contributed by atoms with van der Waals surface area (Å²) in [5.41, 5.74) is 5.91. The van der Waals surface area contributed by atoms with E-state index < -0.39 is 0 Å². The predicted molar refractivity (Wildman–Crippen MR) is 66.2 cm³/mol. The zero-order valence-electron chi connectivity index (χ0n) is 11.2. The molecule has 4 nitrogen and oxygen atoms in total. The minimum absolute atomic E-state index is 0.0590. The number of ether oxygens (including phenoxy) is 1. The molecule has 2 N–H and O–H groups in total. The van der Waals surface area contributed by atoms with Crippen molar-refractivity contribution >= 4 is 5.91 Å². The van der Waals surface area contributed by atoms with E-state index >= 15 is 0 Å². The zero-order valence-corrected chi connectivity index (χ0v) is 11.2. The van der Waals surface area contributed by atoms with Crippen molar-refractivity contribution in [3.8, 4) is 0 Å². The van der Waals surface area contributed by atoms with Crippen molar-refractivity contribution in [1.29, 1.82) is 0 Å². The molecule has 0 bridgehead atoms. The summed E-state index contributed by atoms with van der Waals surface area (Å²) in [6.07, 6.45) is 0.416. The molecule has 2 unspecified atom stereocenters. The third-order valence-electron chi connectivity index (χ3n) is 2.87. The SMILES string of the molecule is CCN(C(=O)CC(N)C(C)C)C(C)COC. The molecule has 0 rings (SSSR count). The molecule has 0 aliphatic rings. The summed E-state index contributed by atoms with van der Waals surface area (Å²) in [4.78, 5) is 13.8. The van der Waals surface area contributed by atoms with Gasteiger partial charge in [-0.2, -0.15) is 0 Å². The van der Waals surface area contributed by atoms with Gasteiger partial charge in [0.1, 0.15) is 0 Å². The van der Waals surface area contributed by atoms with Gasteiger partial charge in [0.05, 0.1) is 12.6 Å². The molecule has 0 aromatic rings. The Balaban J connectivity index is 4.30. The maximum absolute atomic E-state index is 12.0. The summed E-state index contributed by atoms with van der Waals surface area (Å²) < 4.78 is 5.06. The van der Waals surface area contributed by atoms with Gasteiger partial charge in [-0.15, -0.1) is 0 Å². The normalized spacial score (nSPS) is 14.9. The summed E-state index contributed by atoms with van der Waals surface area (Å²) in [5.74, 6) is 0.452. The second kappa shape index (κ2) is 7.63. The van der Waals surface area contributed by atoms with Gasteiger partial charge in [0.25, 0.3) is 0 Å². The molecule has 0 aromatic heterocycles. The first kappa shape index (κ1) is 15.4. The van der Waals surface area contributed by atoms with Crippen LogP contribution < -0.4 is 5.73 Å². The maximum Gasteiger partial charge on any atom is 0.224 e. The van der Waals surface area contributed by atoms with Crippen LogP contribution in [0.15, 0.2) is 0 Å². The van der Waals surface area contributed by atoms with E-state index in [9.17, 15) is 4.79 Å². The van der Waals surface area contributed by atoms with E-state index in [0.717, 1.165) is 0 Å². The highest BCUT2D eigenvalue weighted by molar-refractivity contribution is 5.77. The summed E-state index contributed by atoms with van der Waals surface area (Å²) in [6.45, 7) is 9.31. The van der Waals surface area contributed by atoms with Gasteiger partial charge in [-0.3, -0.25) is 4.79 Å². The fraction of sp³-hybridized carbons (Fsp3) is 0.917. The highest BCUT2D eigenvalue weighted by Gasteiger charge is 2.21. The Morgan fingerprint density at radius 1 is 1.38 bits per heavy atom. The summed E-state index contributed by atoms with van der Waals surface area (Å²) in [7, 11) is 1.65. The Labute approximate surface area is 99.1 Å². The summed E-state index contributed by atoms with van der Waals surface area (Å²) in [5, 5.41) is 0. The molecule has 16 heavy (non-hydrogen) atoms. The van der Waals surface area contributed by atoms with Crippen molar-refractivity contribution in [2.75, 3.05) is 20.3 Å². The van der Waals surface area contributed by atoms with Crippen LogP contribution in [0.5, 0.6) is 0 Å². The smallest absolute Gasteiger partial charge is 0.224 e. The van der Waals surface area contributed by atoms with Crippen LogP contribution in [-0.2, 0) is 9.53 Å². The van der Waals surface area contributed by atoms with Crippen molar-refractivity contribution in [2.24, 2.45) is 11.7 Å². The number of methoxy groups -OCH3 is 1. The third-order valence-corrected chi connectivity index (χ3v) is 2.87. The standard InChI is InChI=1S/C12H26N2O2/c1-6-14(10(4)8-16-5)12(15)7-11(13)9(2)3/h9-11H,6-8,13H2,1-5H3. The van der Waals surface area contributed by atoms with E-state index in [0.29, 0.717) is 25.5 Å². The predicted octanol–water partition coefficient (Wildman–Crippen LogP) is 1.24. The van der Waals surface area contributed by atoms with Crippen LogP contribution in [0.2, 0.25) is 0 Å². The molecule has 2 atom stereocenters. The van der Waals surface area contributed by atoms with Crippen LogP contribution in [0.4, 0.5) is 0 Å². The molecule has 4 heteroatoms. The van der Waals surface area contributed by atoms with E-state index in [1.165, 1.54) is 0 Å². The molecule has 0 saturated heterocycles. The van der Waals surface area contributed by atoms with Gasteiger partial charge in [0.2, 0.25) is 5.91 Å². The van der Waals surface area contributed by atoms with E-state index in [1.54, 1.807) is 7.11 Å². The summed E-state index contributed by atoms with van der Waals surface area (Å²) in [6, 6.07) is 0.0538. The topological polar surface area (TPSA) is 55.6 Å². The average Bonchev–Trinajstić information content (AvgIpc) is 2.18. The Bertz CT molecular complexity index is 207. The molecule has 0 heterocycles. The Morgan fingerprint density at radius 3 is 2.31 bits per heavy atom. The fourth-order valence-corrected chi connectivity index (χ4v) is 1.62. The Kier molecular flexibility index (Phi) is 7.34.